The van der Waals surface area contributed by atoms with Crippen LogP contribution in [0.25, 0.3) is 22.3 Å². The van der Waals surface area contributed by atoms with Crippen molar-refractivity contribution in [2.75, 3.05) is 4.90 Å². The van der Waals surface area contributed by atoms with Crippen molar-refractivity contribution in [3.63, 3.8) is 0 Å². The minimum absolute atomic E-state index is 0.0192. The largest absolute Gasteiger partial charge is 0.417 e. The maximum absolute atomic E-state index is 13.4. The average Bonchev–Trinajstić information content (AvgIpc) is 3.22. The van der Waals surface area contributed by atoms with Crippen molar-refractivity contribution in [3.05, 3.63) is 70.6 Å². The predicted octanol–water partition coefficient (Wildman–Crippen LogP) is 4.50. The number of benzene rings is 1. The number of anilines is 1. The zero-order chi connectivity index (χ0) is 22.8. The molecule has 2 amide bonds. The number of aryl methyl sites for hydroxylation is 1. The van der Waals surface area contributed by atoms with Crippen LogP contribution in [0.15, 0.2) is 48.9 Å². The fourth-order valence-electron chi connectivity index (χ4n) is 3.74. The van der Waals surface area contributed by atoms with Gasteiger partial charge in [-0.25, -0.2) is 14.6 Å². The molecule has 0 atom stereocenters. The molecule has 0 saturated heterocycles. The normalized spacial score (nSPS) is 13.8. The van der Waals surface area contributed by atoms with Crippen LogP contribution in [0.5, 0.6) is 0 Å². The molecule has 32 heavy (non-hydrogen) atoms. The number of imide groups is 1. The molecule has 4 aromatic rings. The van der Waals surface area contributed by atoms with Crippen LogP contribution in [0.2, 0.25) is 5.02 Å². The molecule has 1 aliphatic heterocycles. The number of halogens is 4. The highest BCUT2D eigenvalue weighted by molar-refractivity contribution is 6.38. The van der Waals surface area contributed by atoms with E-state index in [0.29, 0.717) is 33.3 Å². The van der Waals surface area contributed by atoms with Crippen LogP contribution < -0.4 is 4.90 Å². The zero-order valence-electron chi connectivity index (χ0n) is 16.2. The van der Waals surface area contributed by atoms with Crippen molar-refractivity contribution in [3.8, 4) is 11.3 Å². The molecule has 0 spiro atoms. The Hall–Kier alpha value is -3.79. The topological polar surface area (TPSA) is 81.0 Å². The van der Waals surface area contributed by atoms with Gasteiger partial charge in [-0.15, -0.1) is 0 Å². The average molecular weight is 458 g/mol. The van der Waals surface area contributed by atoms with Gasteiger partial charge in [0.15, 0.2) is 5.65 Å². The minimum Gasteiger partial charge on any atom is -0.268 e. The second-order valence-electron chi connectivity index (χ2n) is 7.06. The Bertz CT molecular complexity index is 1430. The SMILES string of the molecule is Cn1nc(-c2ccncc2)c2c3c(cnc21)C(=O)N(c1ccc(Cl)c(C(F)(F)F)c1)C3=O. The number of carbonyl (C=O) groups excluding carboxylic acids is 2. The third-order valence-electron chi connectivity index (χ3n) is 5.17. The monoisotopic (exact) mass is 457 g/mol. The van der Waals surface area contributed by atoms with Crippen LogP contribution in [0, 0.1) is 0 Å². The molecular formula is C21H11ClF3N5O2. The Morgan fingerprint density at radius 2 is 1.75 bits per heavy atom. The molecule has 11 heteroatoms. The first-order chi connectivity index (χ1) is 15.2. The van der Waals surface area contributed by atoms with Gasteiger partial charge in [0.2, 0.25) is 0 Å². The highest BCUT2D eigenvalue weighted by atomic mass is 35.5. The fraction of sp³-hybridized carbons (Fsp3) is 0.0952. The molecule has 0 aliphatic carbocycles. The van der Waals surface area contributed by atoms with Gasteiger partial charge >= 0.3 is 6.18 Å². The summed E-state index contributed by atoms with van der Waals surface area (Å²) in [4.78, 5) is 35.4. The van der Waals surface area contributed by atoms with E-state index in [1.807, 2.05) is 0 Å². The van der Waals surface area contributed by atoms with Crippen LogP contribution >= 0.6 is 11.6 Å². The van der Waals surface area contributed by atoms with E-state index >= 15 is 0 Å². The molecule has 0 unspecified atom stereocenters. The summed E-state index contributed by atoms with van der Waals surface area (Å²) in [6.07, 6.45) is -0.412. The number of hydrogen-bond acceptors (Lipinski definition) is 5. The second kappa shape index (κ2) is 6.86. The molecule has 4 heterocycles. The Morgan fingerprint density at radius 1 is 1.03 bits per heavy atom. The molecule has 0 N–H and O–H groups in total. The van der Waals surface area contributed by atoms with E-state index in [4.69, 9.17) is 11.6 Å². The van der Waals surface area contributed by atoms with Crippen molar-refractivity contribution < 1.29 is 22.8 Å². The molecule has 1 aliphatic rings. The Kier molecular flexibility index (Phi) is 4.31. The van der Waals surface area contributed by atoms with E-state index in [9.17, 15) is 22.8 Å². The van der Waals surface area contributed by atoms with Gasteiger partial charge in [0.25, 0.3) is 11.8 Å². The Labute approximate surface area is 183 Å². The lowest BCUT2D eigenvalue weighted by molar-refractivity contribution is -0.137. The van der Waals surface area contributed by atoms with Gasteiger partial charge in [0, 0.05) is 31.2 Å². The van der Waals surface area contributed by atoms with Crippen molar-refractivity contribution in [2.45, 2.75) is 6.18 Å². The van der Waals surface area contributed by atoms with E-state index in [0.717, 1.165) is 6.07 Å². The summed E-state index contributed by atoms with van der Waals surface area (Å²) in [7, 11) is 1.64. The number of fused-ring (bicyclic) bond motifs is 3. The van der Waals surface area contributed by atoms with Crippen molar-refractivity contribution >= 4 is 40.1 Å². The Balaban J connectivity index is 1.72. The molecule has 5 rings (SSSR count). The number of alkyl halides is 3. The van der Waals surface area contributed by atoms with Gasteiger partial charge in [-0.05, 0) is 30.3 Å². The number of hydrogen-bond donors (Lipinski definition) is 0. The van der Waals surface area contributed by atoms with Gasteiger partial charge < -0.3 is 0 Å². The van der Waals surface area contributed by atoms with Gasteiger partial charge in [-0.2, -0.15) is 18.3 Å². The fourth-order valence-corrected chi connectivity index (χ4v) is 3.97. The highest BCUT2D eigenvalue weighted by Crippen LogP contribution is 2.40. The summed E-state index contributed by atoms with van der Waals surface area (Å²) in [5, 5.41) is 4.23. The van der Waals surface area contributed by atoms with Gasteiger partial charge in [0.1, 0.15) is 5.69 Å². The lowest BCUT2D eigenvalue weighted by atomic mass is 10.0. The molecule has 0 saturated carbocycles. The summed E-state index contributed by atoms with van der Waals surface area (Å²) in [5.41, 5.74) is 0.0313. The van der Waals surface area contributed by atoms with Crippen LogP contribution in [0.1, 0.15) is 26.3 Å². The maximum Gasteiger partial charge on any atom is 0.417 e. The second-order valence-corrected chi connectivity index (χ2v) is 7.47. The number of aromatic nitrogens is 4. The van der Waals surface area contributed by atoms with Crippen molar-refractivity contribution in [1.29, 1.82) is 0 Å². The molecule has 0 fully saturated rings. The van der Waals surface area contributed by atoms with Crippen molar-refractivity contribution in [2.24, 2.45) is 7.05 Å². The van der Waals surface area contributed by atoms with E-state index in [2.05, 4.69) is 15.1 Å². The number of pyridine rings is 2. The third-order valence-corrected chi connectivity index (χ3v) is 5.50. The molecule has 1 aromatic carbocycles. The lowest BCUT2D eigenvalue weighted by Gasteiger charge is -2.17. The maximum atomic E-state index is 13.4. The summed E-state index contributed by atoms with van der Waals surface area (Å²) >= 11 is 5.68. The van der Waals surface area contributed by atoms with Gasteiger partial charge in [-0.1, -0.05) is 11.6 Å². The molecule has 160 valence electrons. The number of nitrogens with zero attached hydrogens (tertiary/aromatic N) is 5. The van der Waals surface area contributed by atoms with E-state index in [1.165, 1.54) is 16.9 Å². The molecule has 0 radical (unpaired) electrons. The first-order valence-electron chi connectivity index (χ1n) is 9.20. The van der Waals surface area contributed by atoms with Crippen molar-refractivity contribution in [1.82, 2.24) is 19.7 Å². The number of carbonyl (C=O) groups is 2. The summed E-state index contributed by atoms with van der Waals surface area (Å²) in [5.74, 6) is -1.55. The molecule has 3 aromatic heterocycles. The molecule has 0 bridgehead atoms. The first-order valence-corrected chi connectivity index (χ1v) is 9.58. The first kappa shape index (κ1) is 20.1. The number of amides is 2. The van der Waals surface area contributed by atoms with E-state index in [1.54, 1.807) is 31.6 Å². The summed E-state index contributed by atoms with van der Waals surface area (Å²) in [6.45, 7) is 0. The molecule has 7 nitrogen and oxygen atoms in total. The van der Waals surface area contributed by atoms with Crippen LogP contribution in [0.3, 0.4) is 0 Å². The molecular weight excluding hydrogens is 447 g/mol. The quantitative estimate of drug-likeness (QED) is 0.414. The standard InChI is InChI=1S/C21H11ClF3N5O2/c1-29-18-16(17(28-29)10-4-6-26-7-5-10)15-12(9-27-18)19(31)30(20(15)32)11-2-3-14(22)13(8-11)21(23,24)25/h2-9H,1H3. The van der Waals surface area contributed by atoms with Gasteiger partial charge in [-0.3, -0.25) is 14.6 Å². The summed E-state index contributed by atoms with van der Waals surface area (Å²) < 4.78 is 41.4. The minimum atomic E-state index is -4.75. The van der Waals surface area contributed by atoms with Crippen LogP contribution in [0.4, 0.5) is 18.9 Å². The number of rotatable bonds is 2. The zero-order valence-corrected chi connectivity index (χ0v) is 16.9. The predicted molar refractivity (Wildman–Crippen MR) is 109 cm³/mol. The highest BCUT2D eigenvalue weighted by Gasteiger charge is 2.42. The van der Waals surface area contributed by atoms with Crippen LogP contribution in [-0.4, -0.2) is 31.6 Å². The Morgan fingerprint density at radius 3 is 2.44 bits per heavy atom. The van der Waals surface area contributed by atoms with E-state index < -0.39 is 28.6 Å². The van der Waals surface area contributed by atoms with Crippen LogP contribution in [-0.2, 0) is 13.2 Å². The lowest BCUT2D eigenvalue weighted by Crippen LogP contribution is -2.29. The third kappa shape index (κ3) is 2.87. The smallest absolute Gasteiger partial charge is 0.268 e. The summed E-state index contributed by atoms with van der Waals surface area (Å²) in [6, 6.07) is 6.26. The van der Waals surface area contributed by atoms with E-state index in [-0.39, 0.29) is 16.8 Å². The van der Waals surface area contributed by atoms with Gasteiger partial charge in [0.05, 0.1) is 32.8 Å².